The highest BCUT2D eigenvalue weighted by molar-refractivity contribution is 5.81. The van der Waals surface area contributed by atoms with Gasteiger partial charge < -0.3 is 15.0 Å². The summed E-state index contributed by atoms with van der Waals surface area (Å²) in [4.78, 5) is 10.6. The molecule has 2 N–H and O–H groups in total. The van der Waals surface area contributed by atoms with E-state index in [0.717, 1.165) is 22.0 Å². The molecule has 0 aliphatic rings. The highest BCUT2D eigenvalue weighted by atomic mass is 16.5. The van der Waals surface area contributed by atoms with Gasteiger partial charge in [-0.25, -0.2) is 4.79 Å². The molecule has 2 aromatic carbocycles. The number of aromatic nitrogens is 1. The van der Waals surface area contributed by atoms with Gasteiger partial charge in [0, 0.05) is 18.3 Å². The molecule has 0 aliphatic carbocycles. The highest BCUT2D eigenvalue weighted by Gasteiger charge is 2.04. The van der Waals surface area contributed by atoms with Gasteiger partial charge >= 0.3 is 6.09 Å². The standard InChI is InChI=1S/C18H15N3O2/c19-10-15-5-6-16-7-8-21(17(16)9-15)11-13-1-3-14(4-2-13)12-23-18(20)22/h1-9H,11-12H2,(H2,20,22). The second-order valence-electron chi connectivity index (χ2n) is 5.25. The molecule has 0 radical (unpaired) electrons. The zero-order valence-corrected chi connectivity index (χ0v) is 12.4. The fraction of sp³-hybridized carbons (Fsp3) is 0.111. The molecule has 0 bridgehead atoms. The van der Waals surface area contributed by atoms with Crippen LogP contribution in [0.25, 0.3) is 10.9 Å². The van der Waals surface area contributed by atoms with Gasteiger partial charge in [-0.15, -0.1) is 0 Å². The van der Waals surface area contributed by atoms with Gasteiger partial charge in [-0.05, 0) is 34.7 Å². The first-order chi connectivity index (χ1) is 11.2. The largest absolute Gasteiger partial charge is 0.445 e. The minimum Gasteiger partial charge on any atom is -0.445 e. The van der Waals surface area contributed by atoms with Crippen molar-refractivity contribution in [3.63, 3.8) is 0 Å². The Morgan fingerprint density at radius 1 is 1.13 bits per heavy atom. The topological polar surface area (TPSA) is 81.0 Å². The Hall–Kier alpha value is -3.26. The smallest absolute Gasteiger partial charge is 0.404 e. The van der Waals surface area contributed by atoms with Crippen molar-refractivity contribution in [2.24, 2.45) is 5.73 Å². The van der Waals surface area contributed by atoms with Crippen LogP contribution < -0.4 is 5.73 Å². The normalized spacial score (nSPS) is 10.4. The van der Waals surface area contributed by atoms with Crippen LogP contribution in [0.1, 0.15) is 16.7 Å². The highest BCUT2D eigenvalue weighted by Crippen LogP contribution is 2.19. The van der Waals surface area contributed by atoms with Crippen LogP contribution in [0.4, 0.5) is 4.79 Å². The number of carbonyl (C=O) groups excluding carboxylic acids is 1. The summed E-state index contributed by atoms with van der Waals surface area (Å²) in [5.74, 6) is 0. The van der Waals surface area contributed by atoms with E-state index in [2.05, 4.69) is 10.6 Å². The Morgan fingerprint density at radius 2 is 1.87 bits per heavy atom. The maximum absolute atomic E-state index is 10.6. The molecule has 114 valence electrons. The number of benzene rings is 2. The first kappa shape index (κ1) is 14.7. The number of ether oxygens (including phenoxy) is 1. The quantitative estimate of drug-likeness (QED) is 0.804. The fourth-order valence-corrected chi connectivity index (χ4v) is 2.48. The minimum absolute atomic E-state index is 0.174. The van der Waals surface area contributed by atoms with E-state index in [1.807, 2.05) is 54.7 Å². The van der Waals surface area contributed by atoms with Gasteiger partial charge in [0.05, 0.1) is 11.6 Å². The molecule has 5 nitrogen and oxygen atoms in total. The van der Waals surface area contributed by atoms with Gasteiger partial charge in [0.2, 0.25) is 0 Å². The average Bonchev–Trinajstić information content (AvgIpc) is 2.96. The summed E-state index contributed by atoms with van der Waals surface area (Å²) in [6, 6.07) is 17.7. The molecule has 0 saturated heterocycles. The molecule has 3 rings (SSSR count). The molecule has 0 saturated carbocycles. The number of fused-ring (bicyclic) bond motifs is 1. The number of hydrogen-bond donors (Lipinski definition) is 1. The van der Waals surface area contributed by atoms with Crippen molar-refractivity contribution in [1.29, 1.82) is 5.26 Å². The van der Waals surface area contributed by atoms with E-state index in [1.54, 1.807) is 0 Å². The summed E-state index contributed by atoms with van der Waals surface area (Å²) >= 11 is 0. The molecule has 1 heterocycles. The first-order valence-corrected chi connectivity index (χ1v) is 7.15. The summed E-state index contributed by atoms with van der Waals surface area (Å²) in [5, 5.41) is 10.1. The monoisotopic (exact) mass is 305 g/mol. The van der Waals surface area contributed by atoms with Crippen molar-refractivity contribution in [3.8, 4) is 6.07 Å². The van der Waals surface area contributed by atoms with Crippen molar-refractivity contribution in [3.05, 3.63) is 71.4 Å². The van der Waals surface area contributed by atoms with Crippen LogP contribution in [0.3, 0.4) is 0 Å². The molecule has 23 heavy (non-hydrogen) atoms. The molecule has 5 heteroatoms. The second kappa shape index (κ2) is 6.24. The van der Waals surface area contributed by atoms with Gasteiger partial charge in [-0.3, -0.25) is 0 Å². The number of nitrogens with zero attached hydrogens (tertiary/aromatic N) is 2. The van der Waals surface area contributed by atoms with Crippen molar-refractivity contribution in [1.82, 2.24) is 4.57 Å². The molecule has 1 amide bonds. The predicted molar refractivity (Wildman–Crippen MR) is 86.6 cm³/mol. The SMILES string of the molecule is N#Cc1ccc2ccn(Cc3ccc(COC(N)=O)cc3)c2c1. The lowest BCUT2D eigenvalue weighted by Crippen LogP contribution is -2.12. The molecule has 0 unspecified atom stereocenters. The van der Waals surface area contributed by atoms with Gasteiger partial charge in [0.15, 0.2) is 0 Å². The Balaban J connectivity index is 1.79. The second-order valence-corrected chi connectivity index (χ2v) is 5.25. The number of nitrogens with two attached hydrogens (primary N) is 1. The van der Waals surface area contributed by atoms with Gasteiger partial charge in [-0.2, -0.15) is 5.26 Å². The lowest BCUT2D eigenvalue weighted by Gasteiger charge is -2.07. The van der Waals surface area contributed by atoms with Gasteiger partial charge in [0.25, 0.3) is 0 Å². The summed E-state index contributed by atoms with van der Waals surface area (Å²) in [6.07, 6.45) is 1.23. The summed E-state index contributed by atoms with van der Waals surface area (Å²) < 4.78 is 6.86. The Bertz CT molecular complexity index is 889. The molecular weight excluding hydrogens is 290 g/mol. The molecule has 0 aliphatic heterocycles. The van der Waals surface area contributed by atoms with E-state index in [4.69, 9.17) is 15.7 Å². The zero-order valence-electron chi connectivity index (χ0n) is 12.4. The fourth-order valence-electron chi connectivity index (χ4n) is 2.48. The third kappa shape index (κ3) is 3.33. The number of nitriles is 1. The van der Waals surface area contributed by atoms with Crippen molar-refractivity contribution >= 4 is 17.0 Å². The Kier molecular flexibility index (Phi) is 3.98. The number of amides is 1. The van der Waals surface area contributed by atoms with Crippen LogP contribution in [0.2, 0.25) is 0 Å². The lowest BCUT2D eigenvalue weighted by atomic mass is 10.1. The summed E-state index contributed by atoms with van der Waals surface area (Å²) in [7, 11) is 0. The van der Waals surface area contributed by atoms with Crippen LogP contribution >= 0.6 is 0 Å². The van der Waals surface area contributed by atoms with E-state index >= 15 is 0 Å². The lowest BCUT2D eigenvalue weighted by molar-refractivity contribution is 0.150. The molecule has 3 aromatic rings. The van der Waals surface area contributed by atoms with Crippen LogP contribution in [0.15, 0.2) is 54.7 Å². The van der Waals surface area contributed by atoms with Crippen molar-refractivity contribution in [2.45, 2.75) is 13.2 Å². The van der Waals surface area contributed by atoms with Gasteiger partial charge in [0.1, 0.15) is 6.61 Å². The van der Waals surface area contributed by atoms with E-state index in [9.17, 15) is 4.79 Å². The van der Waals surface area contributed by atoms with Crippen LogP contribution in [0, 0.1) is 11.3 Å². The van der Waals surface area contributed by atoms with E-state index in [-0.39, 0.29) is 6.61 Å². The number of carbonyl (C=O) groups is 1. The van der Waals surface area contributed by atoms with Crippen LogP contribution in [-0.4, -0.2) is 10.7 Å². The maximum atomic E-state index is 10.6. The Morgan fingerprint density at radius 3 is 2.57 bits per heavy atom. The van der Waals surface area contributed by atoms with Crippen molar-refractivity contribution < 1.29 is 9.53 Å². The minimum atomic E-state index is -0.777. The molecule has 1 aromatic heterocycles. The molecule has 0 fully saturated rings. The number of primary amides is 1. The van der Waals surface area contributed by atoms with Crippen LogP contribution in [-0.2, 0) is 17.9 Å². The third-order valence-corrected chi connectivity index (χ3v) is 3.66. The molecule has 0 spiro atoms. The van der Waals surface area contributed by atoms with Crippen LogP contribution in [0.5, 0.6) is 0 Å². The average molecular weight is 305 g/mol. The Labute approximate surface area is 133 Å². The van der Waals surface area contributed by atoms with E-state index in [1.165, 1.54) is 0 Å². The third-order valence-electron chi connectivity index (χ3n) is 3.66. The predicted octanol–water partition coefficient (Wildman–Crippen LogP) is 3.16. The van der Waals surface area contributed by atoms with Crippen molar-refractivity contribution in [2.75, 3.05) is 0 Å². The zero-order chi connectivity index (χ0) is 16.2. The maximum Gasteiger partial charge on any atom is 0.404 e. The van der Waals surface area contributed by atoms with E-state index in [0.29, 0.717) is 12.1 Å². The number of hydrogen-bond acceptors (Lipinski definition) is 3. The summed E-state index contributed by atoms with van der Waals surface area (Å²) in [5.41, 5.74) is 8.64. The number of rotatable bonds is 4. The molecule has 0 atom stereocenters. The van der Waals surface area contributed by atoms with Gasteiger partial charge in [-0.1, -0.05) is 30.3 Å². The molecular formula is C18H15N3O2. The first-order valence-electron chi connectivity index (χ1n) is 7.15. The van der Waals surface area contributed by atoms with E-state index < -0.39 is 6.09 Å². The summed E-state index contributed by atoms with van der Waals surface area (Å²) in [6.45, 7) is 0.878.